The van der Waals surface area contributed by atoms with Crippen molar-refractivity contribution in [1.82, 2.24) is 15.6 Å². The summed E-state index contributed by atoms with van der Waals surface area (Å²) in [5.41, 5.74) is 1.81. The smallest absolute Gasteiger partial charge is 0.191 e. The second-order valence-corrected chi connectivity index (χ2v) is 6.72. The van der Waals surface area contributed by atoms with Crippen LogP contribution in [0.5, 0.6) is 11.5 Å². The second-order valence-electron chi connectivity index (χ2n) is 5.88. The van der Waals surface area contributed by atoms with Gasteiger partial charge in [-0.2, -0.15) is 0 Å². The first kappa shape index (κ1) is 19.8. The fourth-order valence-corrected chi connectivity index (χ4v) is 3.02. The molecule has 0 unspecified atom stereocenters. The Hall–Kier alpha value is -2.48. The monoisotopic (exact) mass is 377 g/mol. The number of aromatic hydroxyl groups is 1. The summed E-state index contributed by atoms with van der Waals surface area (Å²) in [7, 11) is 5.54. The van der Waals surface area contributed by atoms with Gasteiger partial charge in [-0.15, -0.1) is 11.3 Å². The summed E-state index contributed by atoms with van der Waals surface area (Å²) in [6.45, 7) is 3.98. The van der Waals surface area contributed by atoms with Gasteiger partial charge >= 0.3 is 0 Å². The van der Waals surface area contributed by atoms with E-state index in [2.05, 4.69) is 20.6 Å². The molecule has 26 heavy (non-hydrogen) atoms. The van der Waals surface area contributed by atoms with Gasteiger partial charge in [0.1, 0.15) is 11.5 Å². The molecule has 3 N–H and O–H groups in total. The Bertz CT molecular complexity index is 730. The molecule has 0 radical (unpaired) electrons. The Morgan fingerprint density at radius 3 is 2.77 bits per heavy atom. The molecule has 2 aromatic rings. The Balaban J connectivity index is 1.90. The number of aliphatic imine (C=N–C) groups is 1. The zero-order valence-electron chi connectivity index (χ0n) is 15.7. The largest absolute Gasteiger partial charge is 0.508 e. The van der Waals surface area contributed by atoms with Crippen LogP contribution in [0.25, 0.3) is 0 Å². The molecule has 142 valence electrons. The topological polar surface area (TPSA) is 82.0 Å². The van der Waals surface area contributed by atoms with Gasteiger partial charge in [-0.1, -0.05) is 6.07 Å². The predicted octanol–water partition coefficient (Wildman–Crippen LogP) is 2.22. The molecule has 0 aliphatic carbocycles. The molecule has 0 saturated carbocycles. The van der Waals surface area contributed by atoms with Crippen molar-refractivity contribution in [2.75, 3.05) is 39.2 Å². The Labute approximate surface area is 158 Å². The van der Waals surface area contributed by atoms with Gasteiger partial charge in [-0.25, -0.2) is 9.98 Å². The second kappa shape index (κ2) is 9.86. The van der Waals surface area contributed by atoms with E-state index >= 15 is 0 Å². The molecule has 0 saturated heterocycles. The number of ether oxygens (including phenoxy) is 1. The first-order valence-corrected chi connectivity index (χ1v) is 9.41. The van der Waals surface area contributed by atoms with Crippen LogP contribution in [0, 0.1) is 0 Å². The summed E-state index contributed by atoms with van der Waals surface area (Å²) in [4.78, 5) is 11.1. The molecule has 2 rings (SSSR count). The van der Waals surface area contributed by atoms with Crippen LogP contribution in [-0.2, 0) is 13.0 Å². The number of methoxy groups -OCH3 is 1. The lowest BCUT2D eigenvalue weighted by atomic mass is 10.1. The zero-order chi connectivity index (χ0) is 18.9. The van der Waals surface area contributed by atoms with Gasteiger partial charge < -0.3 is 25.4 Å². The summed E-state index contributed by atoms with van der Waals surface area (Å²) in [5.74, 6) is 1.63. The molecular weight excluding hydrogens is 350 g/mol. The van der Waals surface area contributed by atoms with Crippen LogP contribution in [0.3, 0.4) is 0 Å². The average Bonchev–Trinajstić information content (AvgIpc) is 3.10. The molecule has 0 atom stereocenters. The summed E-state index contributed by atoms with van der Waals surface area (Å²) in [5, 5.41) is 19.5. The minimum atomic E-state index is 0.242. The van der Waals surface area contributed by atoms with Crippen molar-refractivity contribution in [3.05, 3.63) is 34.8 Å². The van der Waals surface area contributed by atoms with Crippen molar-refractivity contribution in [1.29, 1.82) is 0 Å². The average molecular weight is 378 g/mol. The molecule has 1 heterocycles. The molecule has 0 fully saturated rings. The number of rotatable bonds is 8. The number of hydrogen-bond donors (Lipinski definition) is 3. The van der Waals surface area contributed by atoms with Gasteiger partial charge in [0.05, 0.1) is 19.3 Å². The number of phenols is 1. The molecule has 7 nitrogen and oxygen atoms in total. The summed E-state index contributed by atoms with van der Waals surface area (Å²) >= 11 is 1.61. The van der Waals surface area contributed by atoms with Crippen LogP contribution in [0.15, 0.2) is 28.6 Å². The lowest BCUT2D eigenvalue weighted by molar-refractivity contribution is 0.406. The summed E-state index contributed by atoms with van der Waals surface area (Å²) in [6.07, 6.45) is 0.682. The van der Waals surface area contributed by atoms with Gasteiger partial charge in [0.2, 0.25) is 0 Å². The summed E-state index contributed by atoms with van der Waals surface area (Å²) in [6, 6.07) is 5.34. The minimum absolute atomic E-state index is 0.242. The van der Waals surface area contributed by atoms with Gasteiger partial charge in [0.15, 0.2) is 11.1 Å². The highest BCUT2D eigenvalue weighted by Gasteiger charge is 2.06. The third kappa shape index (κ3) is 5.80. The number of anilines is 1. The van der Waals surface area contributed by atoms with Crippen LogP contribution in [0.1, 0.15) is 18.2 Å². The summed E-state index contributed by atoms with van der Waals surface area (Å²) < 4.78 is 5.10. The number of guanidine groups is 1. The fourth-order valence-electron chi connectivity index (χ4n) is 2.27. The Morgan fingerprint density at radius 1 is 1.35 bits per heavy atom. The van der Waals surface area contributed by atoms with E-state index in [1.807, 2.05) is 43.4 Å². The van der Waals surface area contributed by atoms with Gasteiger partial charge in [-0.3, -0.25) is 0 Å². The lowest BCUT2D eigenvalue weighted by Gasteiger charge is -2.12. The van der Waals surface area contributed by atoms with Crippen molar-refractivity contribution >= 4 is 22.4 Å². The first-order chi connectivity index (χ1) is 12.5. The standard InChI is InChI=1S/C18H27N5O2S/c1-5-19-17(21-11-14-12-26-18(22-14)23(2)3)20-9-8-13-6-7-15(25-4)10-16(13)24/h6-7,10,12,24H,5,8-9,11H2,1-4H3,(H2,19,20,21). The number of benzene rings is 1. The normalized spacial score (nSPS) is 11.3. The number of nitrogens with zero attached hydrogens (tertiary/aromatic N) is 3. The molecule has 0 bridgehead atoms. The highest BCUT2D eigenvalue weighted by atomic mass is 32.1. The lowest BCUT2D eigenvalue weighted by Crippen LogP contribution is -2.38. The number of aromatic nitrogens is 1. The zero-order valence-corrected chi connectivity index (χ0v) is 16.6. The Kier molecular flexibility index (Phi) is 7.53. The number of phenolic OH excluding ortho intramolecular Hbond substituents is 1. The molecule has 8 heteroatoms. The molecule has 1 aromatic heterocycles. The number of thiazole rings is 1. The van der Waals surface area contributed by atoms with E-state index in [0.717, 1.165) is 28.9 Å². The minimum Gasteiger partial charge on any atom is -0.508 e. The molecule has 0 aliphatic rings. The van der Waals surface area contributed by atoms with E-state index in [1.54, 1.807) is 24.5 Å². The van der Waals surface area contributed by atoms with E-state index in [1.165, 1.54) is 0 Å². The SMILES string of the molecule is CCNC(=NCc1csc(N(C)C)n1)NCCc1ccc(OC)cc1O. The third-order valence-corrected chi connectivity index (χ3v) is 4.70. The number of hydrogen-bond acceptors (Lipinski definition) is 6. The van der Waals surface area contributed by atoms with Crippen molar-refractivity contribution in [2.24, 2.45) is 4.99 Å². The maximum Gasteiger partial charge on any atom is 0.191 e. The van der Waals surface area contributed by atoms with Crippen LogP contribution >= 0.6 is 11.3 Å². The highest BCUT2D eigenvalue weighted by molar-refractivity contribution is 7.13. The first-order valence-electron chi connectivity index (χ1n) is 8.53. The fraction of sp³-hybridized carbons (Fsp3) is 0.444. The van der Waals surface area contributed by atoms with Crippen LogP contribution < -0.4 is 20.3 Å². The molecule has 0 aliphatic heterocycles. The van der Waals surface area contributed by atoms with Crippen molar-refractivity contribution in [3.63, 3.8) is 0 Å². The third-order valence-electron chi connectivity index (χ3n) is 3.64. The molecule has 0 spiro atoms. The van der Waals surface area contributed by atoms with E-state index in [0.29, 0.717) is 25.3 Å². The predicted molar refractivity (Wildman–Crippen MR) is 108 cm³/mol. The number of nitrogens with one attached hydrogen (secondary N) is 2. The van der Waals surface area contributed by atoms with Gasteiger partial charge in [-0.05, 0) is 25.0 Å². The van der Waals surface area contributed by atoms with Crippen LogP contribution in [0.4, 0.5) is 5.13 Å². The van der Waals surface area contributed by atoms with Crippen LogP contribution in [-0.4, -0.2) is 50.3 Å². The maximum atomic E-state index is 10.0. The van der Waals surface area contributed by atoms with Crippen molar-refractivity contribution < 1.29 is 9.84 Å². The quantitative estimate of drug-likeness (QED) is 0.483. The van der Waals surface area contributed by atoms with E-state index < -0.39 is 0 Å². The molecular formula is C18H27N5O2S. The van der Waals surface area contributed by atoms with E-state index in [9.17, 15) is 5.11 Å². The van der Waals surface area contributed by atoms with Gasteiger partial charge in [0.25, 0.3) is 0 Å². The molecule has 0 amide bonds. The van der Waals surface area contributed by atoms with Crippen molar-refractivity contribution in [2.45, 2.75) is 19.9 Å². The van der Waals surface area contributed by atoms with E-state index in [4.69, 9.17) is 4.74 Å². The van der Waals surface area contributed by atoms with Crippen molar-refractivity contribution in [3.8, 4) is 11.5 Å². The highest BCUT2D eigenvalue weighted by Crippen LogP contribution is 2.23. The maximum absolute atomic E-state index is 10.0. The molecule has 1 aromatic carbocycles. The van der Waals surface area contributed by atoms with Gasteiger partial charge in [0, 0.05) is 38.6 Å². The Morgan fingerprint density at radius 2 is 2.15 bits per heavy atom. The van der Waals surface area contributed by atoms with E-state index in [-0.39, 0.29) is 5.75 Å². The van der Waals surface area contributed by atoms with Crippen LogP contribution in [0.2, 0.25) is 0 Å².